The molecule has 1 rings (SSSR count). The third-order valence-electron chi connectivity index (χ3n) is 2.70. The van der Waals surface area contributed by atoms with Gasteiger partial charge in [0.05, 0.1) is 17.6 Å². The van der Waals surface area contributed by atoms with Crippen molar-refractivity contribution in [3.8, 4) is 5.75 Å². The molecule has 0 saturated carbocycles. The third kappa shape index (κ3) is 5.10. The van der Waals surface area contributed by atoms with Gasteiger partial charge >= 0.3 is 0 Å². The second-order valence-corrected chi connectivity index (χ2v) is 4.97. The van der Waals surface area contributed by atoms with E-state index in [1.165, 1.54) is 0 Å². The SMILES string of the molecule is CCOC(OCC)C(N)Cc1ccc(OC)c(Br)c1. The highest BCUT2D eigenvalue weighted by Crippen LogP contribution is 2.26. The van der Waals surface area contributed by atoms with Crippen molar-refractivity contribution in [2.75, 3.05) is 20.3 Å². The first-order valence-corrected chi connectivity index (χ1v) is 7.22. The van der Waals surface area contributed by atoms with Crippen LogP contribution in [0.5, 0.6) is 5.75 Å². The van der Waals surface area contributed by atoms with Crippen molar-refractivity contribution >= 4 is 15.9 Å². The number of hydrogen-bond acceptors (Lipinski definition) is 4. The fourth-order valence-corrected chi connectivity index (χ4v) is 2.42. The molecule has 19 heavy (non-hydrogen) atoms. The smallest absolute Gasteiger partial charge is 0.172 e. The molecule has 1 aromatic rings. The lowest BCUT2D eigenvalue weighted by molar-refractivity contribution is -0.148. The van der Waals surface area contributed by atoms with E-state index in [4.69, 9.17) is 19.9 Å². The number of halogens is 1. The second-order valence-electron chi connectivity index (χ2n) is 4.12. The number of rotatable bonds is 8. The zero-order chi connectivity index (χ0) is 14.3. The van der Waals surface area contributed by atoms with Crippen LogP contribution in [-0.4, -0.2) is 32.7 Å². The Morgan fingerprint density at radius 3 is 2.32 bits per heavy atom. The number of hydrogen-bond donors (Lipinski definition) is 1. The van der Waals surface area contributed by atoms with Crippen LogP contribution in [0.15, 0.2) is 22.7 Å². The molecule has 4 nitrogen and oxygen atoms in total. The maximum atomic E-state index is 6.15. The molecule has 0 aromatic heterocycles. The summed E-state index contributed by atoms with van der Waals surface area (Å²) >= 11 is 3.47. The van der Waals surface area contributed by atoms with Crippen LogP contribution in [0.4, 0.5) is 0 Å². The summed E-state index contributed by atoms with van der Waals surface area (Å²) in [6.07, 6.45) is 0.323. The summed E-state index contributed by atoms with van der Waals surface area (Å²) in [5.41, 5.74) is 7.26. The molecular formula is C14H22BrNO3. The largest absolute Gasteiger partial charge is 0.496 e. The van der Waals surface area contributed by atoms with Crippen LogP contribution in [0, 0.1) is 0 Å². The molecule has 1 atom stereocenters. The van der Waals surface area contributed by atoms with E-state index in [0.29, 0.717) is 19.6 Å². The average molecular weight is 332 g/mol. The van der Waals surface area contributed by atoms with Crippen molar-refractivity contribution in [1.82, 2.24) is 0 Å². The van der Waals surface area contributed by atoms with Gasteiger partial charge in [0.25, 0.3) is 0 Å². The minimum absolute atomic E-state index is 0.194. The summed E-state index contributed by atoms with van der Waals surface area (Å²) in [4.78, 5) is 0. The molecule has 0 aliphatic carbocycles. The lowest BCUT2D eigenvalue weighted by Crippen LogP contribution is -2.40. The molecule has 0 amide bonds. The minimum Gasteiger partial charge on any atom is -0.496 e. The summed E-state index contributed by atoms with van der Waals surface area (Å²) < 4.78 is 17.1. The molecule has 0 aliphatic rings. The van der Waals surface area contributed by atoms with Crippen LogP contribution in [0.2, 0.25) is 0 Å². The van der Waals surface area contributed by atoms with E-state index in [0.717, 1.165) is 15.8 Å². The molecule has 0 aliphatic heterocycles. The van der Waals surface area contributed by atoms with Gasteiger partial charge in [0.15, 0.2) is 6.29 Å². The van der Waals surface area contributed by atoms with E-state index in [1.807, 2.05) is 32.0 Å². The summed E-state index contributed by atoms with van der Waals surface area (Å²) in [7, 11) is 1.64. The van der Waals surface area contributed by atoms with Crippen molar-refractivity contribution in [1.29, 1.82) is 0 Å². The first-order chi connectivity index (χ1) is 9.12. The van der Waals surface area contributed by atoms with Gasteiger partial charge in [0.2, 0.25) is 0 Å². The normalized spacial score (nSPS) is 12.7. The first kappa shape index (κ1) is 16.4. The Labute approximate surface area is 123 Å². The maximum absolute atomic E-state index is 6.15. The highest BCUT2D eigenvalue weighted by atomic mass is 79.9. The van der Waals surface area contributed by atoms with Crippen molar-refractivity contribution in [2.45, 2.75) is 32.6 Å². The van der Waals surface area contributed by atoms with E-state index in [1.54, 1.807) is 7.11 Å². The van der Waals surface area contributed by atoms with Gasteiger partial charge in [-0.1, -0.05) is 6.07 Å². The van der Waals surface area contributed by atoms with Crippen LogP contribution in [0.25, 0.3) is 0 Å². The van der Waals surface area contributed by atoms with Crippen LogP contribution < -0.4 is 10.5 Å². The molecule has 0 spiro atoms. The Morgan fingerprint density at radius 2 is 1.84 bits per heavy atom. The van der Waals surface area contributed by atoms with Crippen LogP contribution in [0.1, 0.15) is 19.4 Å². The molecule has 2 N–H and O–H groups in total. The predicted octanol–water partition coefficient (Wildman–Crippen LogP) is 2.73. The lowest BCUT2D eigenvalue weighted by Gasteiger charge is -2.23. The van der Waals surface area contributed by atoms with Gasteiger partial charge in [-0.05, 0) is 53.9 Å². The summed E-state index contributed by atoms with van der Waals surface area (Å²) in [5, 5.41) is 0. The average Bonchev–Trinajstić information content (AvgIpc) is 2.38. The molecule has 5 heteroatoms. The lowest BCUT2D eigenvalue weighted by atomic mass is 10.1. The van der Waals surface area contributed by atoms with Gasteiger partial charge in [-0.25, -0.2) is 0 Å². The Kier molecular flexibility index (Phi) is 7.38. The molecule has 0 saturated heterocycles. The Bertz CT molecular complexity index is 381. The van der Waals surface area contributed by atoms with E-state index in [2.05, 4.69) is 15.9 Å². The second kappa shape index (κ2) is 8.53. The van der Waals surface area contributed by atoms with Gasteiger partial charge in [0, 0.05) is 13.2 Å². The highest BCUT2D eigenvalue weighted by Gasteiger charge is 2.19. The van der Waals surface area contributed by atoms with Crippen molar-refractivity contribution in [3.63, 3.8) is 0 Å². The fourth-order valence-electron chi connectivity index (χ4n) is 1.83. The third-order valence-corrected chi connectivity index (χ3v) is 3.32. The molecular weight excluding hydrogens is 310 g/mol. The molecule has 0 bridgehead atoms. The first-order valence-electron chi connectivity index (χ1n) is 6.43. The van der Waals surface area contributed by atoms with Crippen LogP contribution in [-0.2, 0) is 15.9 Å². The number of methoxy groups -OCH3 is 1. The zero-order valence-corrected chi connectivity index (χ0v) is 13.3. The van der Waals surface area contributed by atoms with E-state index in [-0.39, 0.29) is 12.3 Å². The van der Waals surface area contributed by atoms with Gasteiger partial charge in [-0.2, -0.15) is 0 Å². The van der Waals surface area contributed by atoms with Gasteiger partial charge in [-0.3, -0.25) is 0 Å². The Hall–Kier alpha value is -0.620. The van der Waals surface area contributed by atoms with Crippen molar-refractivity contribution in [3.05, 3.63) is 28.2 Å². The van der Waals surface area contributed by atoms with E-state index >= 15 is 0 Å². The number of nitrogens with two attached hydrogens (primary N) is 1. The van der Waals surface area contributed by atoms with Crippen molar-refractivity contribution in [2.24, 2.45) is 5.73 Å². The molecule has 0 radical (unpaired) electrons. The van der Waals surface area contributed by atoms with E-state index < -0.39 is 0 Å². The van der Waals surface area contributed by atoms with Gasteiger partial charge < -0.3 is 19.9 Å². The fraction of sp³-hybridized carbons (Fsp3) is 0.571. The molecule has 108 valence electrons. The maximum Gasteiger partial charge on any atom is 0.172 e. The number of benzene rings is 1. The standard InChI is InChI=1S/C14H22BrNO3/c1-4-18-14(19-5-2)12(16)9-10-6-7-13(17-3)11(15)8-10/h6-8,12,14H,4-5,9,16H2,1-3H3. The number of ether oxygens (including phenoxy) is 3. The van der Waals surface area contributed by atoms with Gasteiger partial charge in [0.1, 0.15) is 5.75 Å². The Balaban J connectivity index is 2.68. The van der Waals surface area contributed by atoms with Gasteiger partial charge in [-0.15, -0.1) is 0 Å². The molecule has 0 heterocycles. The zero-order valence-electron chi connectivity index (χ0n) is 11.7. The summed E-state index contributed by atoms with van der Waals surface area (Å²) in [6, 6.07) is 5.73. The molecule has 0 fully saturated rings. The van der Waals surface area contributed by atoms with Crippen LogP contribution >= 0.6 is 15.9 Å². The minimum atomic E-state index is -0.365. The summed E-state index contributed by atoms with van der Waals surface area (Å²) in [5.74, 6) is 0.809. The van der Waals surface area contributed by atoms with E-state index in [9.17, 15) is 0 Å². The van der Waals surface area contributed by atoms with Crippen LogP contribution in [0.3, 0.4) is 0 Å². The monoisotopic (exact) mass is 331 g/mol. The Morgan fingerprint density at radius 1 is 1.21 bits per heavy atom. The topological polar surface area (TPSA) is 53.7 Å². The predicted molar refractivity (Wildman–Crippen MR) is 79.4 cm³/mol. The highest BCUT2D eigenvalue weighted by molar-refractivity contribution is 9.10. The molecule has 1 aromatic carbocycles. The van der Waals surface area contributed by atoms with Crippen molar-refractivity contribution < 1.29 is 14.2 Å². The quantitative estimate of drug-likeness (QED) is 0.744. The summed E-state index contributed by atoms with van der Waals surface area (Å²) in [6.45, 7) is 5.04. The molecule has 1 unspecified atom stereocenters.